The number of ketones is 1. The minimum absolute atomic E-state index is 0.0899. The smallest absolute Gasteiger partial charge is 0.166 e. The van der Waals surface area contributed by atoms with Gasteiger partial charge in [-0.05, 0) is 0 Å². The summed E-state index contributed by atoms with van der Waals surface area (Å²) in [7, 11) is 3.22. The lowest BCUT2D eigenvalue weighted by Crippen LogP contribution is -2.51. The first-order valence-corrected chi connectivity index (χ1v) is 5.46. The molecule has 0 spiro atoms. The molecule has 0 N–H and O–H groups in total. The van der Waals surface area contributed by atoms with Gasteiger partial charge in [0.25, 0.3) is 0 Å². The quantitative estimate of drug-likeness (QED) is 0.657. The monoisotopic (exact) mass is 234 g/mol. The van der Waals surface area contributed by atoms with Crippen LogP contribution in [-0.4, -0.2) is 50.3 Å². The highest BCUT2D eigenvalue weighted by molar-refractivity contribution is 6.22. The van der Waals surface area contributed by atoms with E-state index in [-0.39, 0.29) is 42.0 Å². The zero-order chi connectivity index (χ0) is 11.0. The van der Waals surface area contributed by atoms with Crippen molar-refractivity contribution in [3.05, 3.63) is 0 Å². The number of fused-ring (bicyclic) bond motifs is 1. The Bertz CT molecular complexity index is 258. The molecule has 1 saturated carbocycles. The molecule has 2 aliphatic rings. The van der Waals surface area contributed by atoms with Crippen molar-refractivity contribution < 1.29 is 19.0 Å². The van der Waals surface area contributed by atoms with Crippen LogP contribution in [0.3, 0.4) is 0 Å². The number of alkyl halides is 1. The molecule has 4 nitrogen and oxygen atoms in total. The highest BCUT2D eigenvalue weighted by atomic mass is 35.5. The number of hydrogen-bond donors (Lipinski definition) is 0. The van der Waals surface area contributed by atoms with Gasteiger partial charge >= 0.3 is 0 Å². The van der Waals surface area contributed by atoms with Crippen LogP contribution in [0.25, 0.3) is 0 Å². The number of rotatable bonds is 2. The molecule has 0 aromatic rings. The van der Waals surface area contributed by atoms with Crippen molar-refractivity contribution in [2.24, 2.45) is 5.92 Å². The lowest BCUT2D eigenvalue weighted by Gasteiger charge is -2.38. The Hall–Kier alpha value is -0.160. The fraction of sp³-hybridized carbons (Fsp3) is 0.900. The molecular weight excluding hydrogens is 220 g/mol. The number of ether oxygens (including phenoxy) is 3. The summed E-state index contributed by atoms with van der Waals surface area (Å²) < 4.78 is 16.0. The largest absolute Gasteiger partial charge is 0.380 e. The second kappa shape index (κ2) is 4.37. The lowest BCUT2D eigenvalue weighted by molar-refractivity contribution is -0.127. The fourth-order valence-electron chi connectivity index (χ4n) is 2.46. The summed E-state index contributed by atoms with van der Waals surface area (Å²) in [6.07, 6.45) is 0.147. The summed E-state index contributed by atoms with van der Waals surface area (Å²) in [6.45, 7) is 0.148. The fourth-order valence-corrected chi connectivity index (χ4v) is 2.89. The van der Waals surface area contributed by atoms with Gasteiger partial charge in [0.1, 0.15) is 6.61 Å². The second-order valence-electron chi connectivity index (χ2n) is 4.00. The van der Waals surface area contributed by atoms with Crippen molar-refractivity contribution >= 4 is 17.4 Å². The molecule has 15 heavy (non-hydrogen) atoms. The van der Waals surface area contributed by atoms with E-state index in [0.29, 0.717) is 6.42 Å². The van der Waals surface area contributed by atoms with Crippen LogP contribution >= 0.6 is 11.6 Å². The highest BCUT2D eigenvalue weighted by Gasteiger charge is 2.51. The van der Waals surface area contributed by atoms with E-state index in [1.807, 2.05) is 0 Å². The molecule has 0 aromatic heterocycles. The van der Waals surface area contributed by atoms with Gasteiger partial charge in [0.2, 0.25) is 0 Å². The first-order chi connectivity index (χ1) is 7.19. The third kappa shape index (κ3) is 1.80. The molecule has 1 aliphatic heterocycles. The van der Waals surface area contributed by atoms with Crippen molar-refractivity contribution in [2.75, 3.05) is 20.8 Å². The minimum atomic E-state index is -0.266. The maximum absolute atomic E-state index is 11.6. The third-order valence-electron chi connectivity index (χ3n) is 3.28. The minimum Gasteiger partial charge on any atom is -0.380 e. The highest BCUT2D eigenvalue weighted by Crippen LogP contribution is 2.37. The van der Waals surface area contributed by atoms with Crippen LogP contribution in [0.2, 0.25) is 0 Å². The molecule has 2 fully saturated rings. The van der Waals surface area contributed by atoms with Crippen LogP contribution < -0.4 is 0 Å². The maximum atomic E-state index is 11.6. The van der Waals surface area contributed by atoms with Gasteiger partial charge in [-0.25, -0.2) is 0 Å². The van der Waals surface area contributed by atoms with Gasteiger partial charge in [0.15, 0.2) is 5.78 Å². The Kier molecular flexibility index (Phi) is 3.30. The number of hydrogen-bond acceptors (Lipinski definition) is 4. The van der Waals surface area contributed by atoms with Gasteiger partial charge in [-0.2, -0.15) is 0 Å². The summed E-state index contributed by atoms with van der Waals surface area (Å²) >= 11 is 6.21. The Morgan fingerprint density at radius 3 is 2.60 bits per heavy atom. The van der Waals surface area contributed by atoms with E-state index in [1.54, 1.807) is 14.2 Å². The zero-order valence-electron chi connectivity index (χ0n) is 8.81. The van der Waals surface area contributed by atoms with Gasteiger partial charge < -0.3 is 14.2 Å². The summed E-state index contributed by atoms with van der Waals surface area (Å²) in [5.41, 5.74) is 0. The van der Waals surface area contributed by atoms with Crippen LogP contribution in [0.15, 0.2) is 0 Å². The molecule has 0 radical (unpaired) electrons. The molecule has 5 heteroatoms. The van der Waals surface area contributed by atoms with Gasteiger partial charge in [0.05, 0.1) is 29.6 Å². The number of Topliss-reactive ketones (excluding diaryl/α,β-unsaturated/α-hetero) is 1. The van der Waals surface area contributed by atoms with Crippen molar-refractivity contribution in [1.29, 1.82) is 0 Å². The van der Waals surface area contributed by atoms with Crippen molar-refractivity contribution in [3.63, 3.8) is 0 Å². The maximum Gasteiger partial charge on any atom is 0.166 e. The molecule has 0 bridgehead atoms. The Labute approximate surface area is 93.8 Å². The Morgan fingerprint density at radius 1 is 1.33 bits per heavy atom. The SMILES string of the molecule is CO[C@H]1C[C@@H](OC)[C@H]2C(=O)CO[C@@H]2[C@H]1Cl. The van der Waals surface area contributed by atoms with E-state index >= 15 is 0 Å². The van der Waals surface area contributed by atoms with Crippen LogP contribution in [0, 0.1) is 5.92 Å². The number of carbonyl (C=O) groups excluding carboxylic acids is 1. The van der Waals surface area contributed by atoms with E-state index in [9.17, 15) is 4.79 Å². The number of methoxy groups -OCH3 is 2. The van der Waals surface area contributed by atoms with Crippen molar-refractivity contribution in [3.8, 4) is 0 Å². The van der Waals surface area contributed by atoms with Crippen LogP contribution in [0.1, 0.15) is 6.42 Å². The first-order valence-electron chi connectivity index (χ1n) is 5.03. The summed E-state index contributed by atoms with van der Waals surface area (Å²) in [5.74, 6) is -0.129. The standard InChI is InChI=1S/C10H15ClO4/c1-13-6-3-7(14-2)9(11)10-8(6)5(12)4-15-10/h6-10H,3-4H2,1-2H3/t6-,7+,8-,9+,10+/m1/s1. The Balaban J connectivity index is 2.19. The average molecular weight is 235 g/mol. The second-order valence-corrected chi connectivity index (χ2v) is 4.50. The van der Waals surface area contributed by atoms with E-state index in [0.717, 1.165) is 0 Å². The van der Waals surface area contributed by atoms with Crippen LogP contribution in [0.5, 0.6) is 0 Å². The normalized spacial score (nSPS) is 45.5. The van der Waals surface area contributed by atoms with Gasteiger partial charge in [0, 0.05) is 20.6 Å². The first kappa shape index (κ1) is 11.3. The molecule has 0 amide bonds. The average Bonchev–Trinajstić information content (AvgIpc) is 2.63. The molecule has 5 atom stereocenters. The number of halogens is 1. The van der Waals surface area contributed by atoms with Gasteiger partial charge in [-0.3, -0.25) is 4.79 Å². The van der Waals surface area contributed by atoms with Crippen LogP contribution in [0.4, 0.5) is 0 Å². The lowest BCUT2D eigenvalue weighted by atomic mass is 9.81. The predicted molar refractivity (Wildman–Crippen MR) is 54.1 cm³/mol. The molecule has 86 valence electrons. The van der Waals surface area contributed by atoms with E-state index in [4.69, 9.17) is 25.8 Å². The third-order valence-corrected chi connectivity index (χ3v) is 3.81. The predicted octanol–water partition coefficient (Wildman–Crippen LogP) is 0.612. The van der Waals surface area contributed by atoms with Crippen LogP contribution in [-0.2, 0) is 19.0 Å². The van der Waals surface area contributed by atoms with E-state index in [2.05, 4.69) is 0 Å². The molecule has 0 aromatic carbocycles. The molecule has 0 unspecified atom stereocenters. The van der Waals surface area contributed by atoms with Gasteiger partial charge in [-0.1, -0.05) is 0 Å². The summed E-state index contributed by atoms with van der Waals surface area (Å²) in [6, 6.07) is 0. The zero-order valence-corrected chi connectivity index (χ0v) is 9.57. The molecule has 1 heterocycles. The molecular formula is C10H15ClO4. The summed E-state index contributed by atoms with van der Waals surface area (Å²) in [4.78, 5) is 11.6. The molecule has 2 rings (SSSR count). The van der Waals surface area contributed by atoms with E-state index in [1.165, 1.54) is 0 Å². The topological polar surface area (TPSA) is 44.8 Å². The number of carbonyl (C=O) groups is 1. The Morgan fingerprint density at radius 2 is 2.00 bits per heavy atom. The van der Waals surface area contributed by atoms with Crippen molar-refractivity contribution in [2.45, 2.75) is 30.1 Å². The molecule has 1 saturated heterocycles. The molecule has 1 aliphatic carbocycles. The van der Waals surface area contributed by atoms with Gasteiger partial charge in [-0.15, -0.1) is 11.6 Å². The van der Waals surface area contributed by atoms with E-state index < -0.39 is 0 Å². The summed E-state index contributed by atoms with van der Waals surface area (Å²) in [5, 5.41) is -0.266. The van der Waals surface area contributed by atoms with Crippen molar-refractivity contribution in [1.82, 2.24) is 0 Å².